The molecule has 3 N–H and O–H groups in total. The number of carboxylic acids is 1. The summed E-state index contributed by atoms with van der Waals surface area (Å²) in [5.41, 5.74) is 10.5. The number of carbonyl (C=O) groups excluding carboxylic acids is 1. The van der Waals surface area contributed by atoms with Crippen molar-refractivity contribution in [2.75, 3.05) is 32.6 Å². The summed E-state index contributed by atoms with van der Waals surface area (Å²) in [5, 5.41) is 13.1. The van der Waals surface area contributed by atoms with Crippen molar-refractivity contribution in [2.45, 2.75) is 32.2 Å². The van der Waals surface area contributed by atoms with Crippen LogP contribution >= 0.6 is 34.8 Å². The maximum Gasteiger partial charge on any atom is 0.490 e. The molecule has 2 aliphatic heterocycles. The standard InChI is InChI=1S/C30H27Cl3N4O4.C2HF3O2/c1-30(2)15-40-8-7-36(30)29(38)25-23-14-41-28-22(26(23)37(35-25)20-11-17(31)10-18(32)12-20)13-21(27(39-3)24(28)33)16-5-4-6-19(34)9-16;3-2(4,5)1(6)7/h4-6,9-13H,7-8,14-15,34H2,1-3H3;(H,6,7). The summed E-state index contributed by atoms with van der Waals surface area (Å²) in [5.74, 6) is -2.11. The Bertz CT molecular complexity index is 1890. The van der Waals surface area contributed by atoms with Crippen molar-refractivity contribution in [3.63, 3.8) is 0 Å². The Morgan fingerprint density at radius 2 is 1.73 bits per heavy atom. The third-order valence-corrected chi connectivity index (χ3v) is 8.38. The molecule has 0 atom stereocenters. The van der Waals surface area contributed by atoms with E-state index in [9.17, 15) is 18.0 Å². The molecular weight excluding hydrogens is 700 g/mol. The summed E-state index contributed by atoms with van der Waals surface area (Å²) in [6.07, 6.45) is -5.08. The van der Waals surface area contributed by atoms with Crippen LogP contribution in [-0.2, 0) is 16.1 Å². The van der Waals surface area contributed by atoms with Gasteiger partial charge in [-0.05, 0) is 55.8 Å². The first kappa shape index (κ1) is 35.1. The highest BCUT2D eigenvalue weighted by Crippen LogP contribution is 2.52. The van der Waals surface area contributed by atoms with Crippen molar-refractivity contribution < 1.29 is 42.1 Å². The van der Waals surface area contributed by atoms with E-state index in [1.54, 1.807) is 41.0 Å². The van der Waals surface area contributed by atoms with Gasteiger partial charge in [-0.15, -0.1) is 0 Å². The SMILES string of the molecule is COc1c(-c2cccc(N)c2)cc2c(c1Cl)OCc1c(C(=O)N3CCOCC3(C)C)nn(-c3cc(Cl)cc(Cl)c3)c1-2.O=C(O)C(F)(F)F. The first-order valence-electron chi connectivity index (χ1n) is 14.2. The van der Waals surface area contributed by atoms with Crippen LogP contribution in [0.5, 0.6) is 11.5 Å². The van der Waals surface area contributed by atoms with E-state index in [2.05, 4.69) is 0 Å². The number of aliphatic carboxylic acids is 1. The first-order valence-corrected chi connectivity index (χ1v) is 15.3. The molecule has 0 spiro atoms. The molecule has 0 saturated carbocycles. The molecule has 3 heterocycles. The number of hydrogen-bond donors (Lipinski definition) is 2. The van der Waals surface area contributed by atoms with E-state index in [0.717, 1.165) is 5.56 Å². The number of nitrogens with zero attached hydrogens (tertiary/aromatic N) is 3. The van der Waals surface area contributed by atoms with Gasteiger partial charge in [0.25, 0.3) is 5.91 Å². The van der Waals surface area contributed by atoms with E-state index < -0.39 is 17.7 Å². The number of alkyl halides is 3. The van der Waals surface area contributed by atoms with Crippen LogP contribution < -0.4 is 15.2 Å². The van der Waals surface area contributed by atoms with E-state index in [-0.39, 0.29) is 18.2 Å². The predicted molar refractivity (Wildman–Crippen MR) is 174 cm³/mol. The number of rotatable bonds is 4. The Morgan fingerprint density at radius 3 is 2.31 bits per heavy atom. The van der Waals surface area contributed by atoms with Gasteiger partial charge in [-0.3, -0.25) is 4.79 Å². The van der Waals surface area contributed by atoms with E-state index in [1.807, 2.05) is 38.1 Å². The normalized spacial score (nSPS) is 15.0. The van der Waals surface area contributed by atoms with Crippen LogP contribution in [0, 0.1) is 0 Å². The molecule has 1 fully saturated rings. The lowest BCUT2D eigenvalue weighted by Crippen LogP contribution is -2.55. The number of anilines is 1. The molecule has 1 amide bonds. The average molecular weight is 728 g/mol. The fourth-order valence-corrected chi connectivity index (χ4v) is 6.29. The van der Waals surface area contributed by atoms with Crippen LogP contribution in [0.3, 0.4) is 0 Å². The molecule has 10 nitrogen and oxygen atoms in total. The van der Waals surface area contributed by atoms with Crippen LogP contribution in [0.4, 0.5) is 18.9 Å². The number of methoxy groups -OCH3 is 1. The summed E-state index contributed by atoms with van der Waals surface area (Å²) in [4.78, 5) is 24.8. The Hall–Kier alpha value is -4.17. The Balaban J connectivity index is 0.000000582. The summed E-state index contributed by atoms with van der Waals surface area (Å²) in [7, 11) is 1.55. The number of morpholine rings is 1. The van der Waals surface area contributed by atoms with Crippen molar-refractivity contribution in [3.05, 3.63) is 74.9 Å². The summed E-state index contributed by atoms with van der Waals surface area (Å²) >= 11 is 19.7. The maximum absolute atomic E-state index is 14.1. The lowest BCUT2D eigenvalue weighted by Gasteiger charge is -2.41. The molecule has 0 unspecified atom stereocenters. The molecule has 1 aromatic heterocycles. The lowest BCUT2D eigenvalue weighted by atomic mass is 9.95. The van der Waals surface area contributed by atoms with E-state index in [4.69, 9.17) is 69.7 Å². The lowest BCUT2D eigenvalue weighted by molar-refractivity contribution is -0.192. The minimum atomic E-state index is -5.08. The number of fused-ring (bicyclic) bond motifs is 3. The number of aromatic nitrogens is 2. The van der Waals surface area contributed by atoms with Crippen LogP contribution in [0.25, 0.3) is 28.1 Å². The number of benzene rings is 3. The van der Waals surface area contributed by atoms with Crippen LogP contribution in [0.15, 0.2) is 48.5 Å². The zero-order chi connectivity index (χ0) is 35.1. The number of hydrogen-bond acceptors (Lipinski definition) is 7. The highest BCUT2D eigenvalue weighted by molar-refractivity contribution is 6.35. The van der Waals surface area contributed by atoms with Gasteiger partial charge in [0.1, 0.15) is 17.4 Å². The number of halogens is 6. The number of nitrogen functional groups attached to an aromatic ring is 1. The van der Waals surface area contributed by atoms with Crippen molar-refractivity contribution >= 4 is 52.4 Å². The smallest absolute Gasteiger partial charge is 0.490 e. The van der Waals surface area contributed by atoms with Crippen molar-refractivity contribution in [1.29, 1.82) is 0 Å². The van der Waals surface area contributed by atoms with Gasteiger partial charge in [0.15, 0.2) is 11.4 Å². The minimum Gasteiger partial charge on any atom is -0.494 e. The van der Waals surface area contributed by atoms with E-state index in [0.29, 0.717) is 80.1 Å². The van der Waals surface area contributed by atoms with Crippen molar-refractivity contribution in [3.8, 4) is 39.6 Å². The summed E-state index contributed by atoms with van der Waals surface area (Å²) in [6.45, 7) is 5.32. The Labute approximate surface area is 287 Å². The van der Waals surface area contributed by atoms with Crippen LogP contribution in [-0.4, -0.2) is 70.2 Å². The van der Waals surface area contributed by atoms with Crippen molar-refractivity contribution in [1.82, 2.24) is 14.7 Å². The third kappa shape index (κ3) is 6.86. The average Bonchev–Trinajstić information content (AvgIpc) is 3.40. The summed E-state index contributed by atoms with van der Waals surface area (Å²) in [6, 6.07) is 14.5. The van der Waals surface area contributed by atoms with Crippen molar-refractivity contribution in [2.24, 2.45) is 0 Å². The van der Waals surface area contributed by atoms with Crippen LogP contribution in [0.1, 0.15) is 29.9 Å². The number of carboxylic acid groups (broad SMARTS) is 1. The zero-order valence-corrected chi connectivity index (χ0v) is 27.9. The molecule has 2 aliphatic rings. The second kappa shape index (κ2) is 13.4. The highest BCUT2D eigenvalue weighted by Gasteiger charge is 2.40. The first-order chi connectivity index (χ1) is 22.5. The number of nitrogens with two attached hydrogens (primary N) is 1. The molecule has 254 valence electrons. The second-order valence-corrected chi connectivity index (χ2v) is 12.7. The topological polar surface area (TPSA) is 129 Å². The largest absolute Gasteiger partial charge is 0.494 e. The molecule has 3 aromatic carbocycles. The molecule has 4 aromatic rings. The van der Waals surface area contributed by atoms with Gasteiger partial charge in [-0.25, -0.2) is 9.48 Å². The minimum absolute atomic E-state index is 0.0724. The molecule has 0 bridgehead atoms. The summed E-state index contributed by atoms with van der Waals surface area (Å²) < 4.78 is 51.0. The number of carbonyl (C=O) groups is 2. The molecule has 0 aliphatic carbocycles. The number of ether oxygens (including phenoxy) is 3. The van der Waals surface area contributed by atoms with Gasteiger partial charge in [0.05, 0.1) is 37.2 Å². The third-order valence-electron chi connectivity index (χ3n) is 7.61. The van der Waals surface area contributed by atoms with Gasteiger partial charge in [-0.2, -0.15) is 18.3 Å². The quantitative estimate of drug-likeness (QED) is 0.207. The van der Waals surface area contributed by atoms with Gasteiger partial charge in [-0.1, -0.05) is 46.9 Å². The maximum atomic E-state index is 14.1. The highest BCUT2D eigenvalue weighted by atomic mass is 35.5. The number of amides is 1. The van der Waals surface area contributed by atoms with E-state index >= 15 is 0 Å². The molecule has 48 heavy (non-hydrogen) atoms. The van der Waals surface area contributed by atoms with Gasteiger partial charge >= 0.3 is 12.1 Å². The fourth-order valence-electron chi connectivity index (χ4n) is 5.44. The van der Waals surface area contributed by atoms with Gasteiger partial charge in [0, 0.05) is 39.0 Å². The second-order valence-electron chi connectivity index (χ2n) is 11.4. The molecule has 16 heteroatoms. The molecule has 6 rings (SSSR count). The van der Waals surface area contributed by atoms with E-state index in [1.165, 1.54) is 0 Å². The Morgan fingerprint density at radius 1 is 1.06 bits per heavy atom. The zero-order valence-electron chi connectivity index (χ0n) is 25.6. The Kier molecular flexibility index (Phi) is 9.80. The van der Waals surface area contributed by atoms with Crippen LogP contribution in [0.2, 0.25) is 15.1 Å². The monoisotopic (exact) mass is 726 g/mol. The molecule has 1 saturated heterocycles. The fraction of sp³-hybridized carbons (Fsp3) is 0.281. The van der Waals surface area contributed by atoms with Gasteiger partial charge in [0.2, 0.25) is 0 Å². The molecular formula is C32H28Cl3F3N4O6. The molecule has 0 radical (unpaired) electrons. The van der Waals surface area contributed by atoms with Gasteiger partial charge < -0.3 is 30.0 Å². The predicted octanol–water partition coefficient (Wildman–Crippen LogP) is 7.53.